The summed E-state index contributed by atoms with van der Waals surface area (Å²) in [7, 11) is 0. The van der Waals surface area contributed by atoms with E-state index in [0.717, 1.165) is 39.0 Å². The van der Waals surface area contributed by atoms with Crippen LogP contribution in [-0.4, -0.2) is 9.97 Å². The Morgan fingerprint density at radius 3 is 1.73 bits per heavy atom. The molecule has 0 fully saturated rings. The van der Waals surface area contributed by atoms with Gasteiger partial charge in [-0.05, 0) is 95.7 Å². The molecule has 0 saturated heterocycles. The van der Waals surface area contributed by atoms with Crippen LogP contribution in [0.15, 0.2) is 206 Å². The third-order valence-electron chi connectivity index (χ3n) is 11.9. The van der Waals surface area contributed by atoms with Gasteiger partial charge in [0.25, 0.3) is 0 Å². The monoisotopic (exact) mass is 766 g/mol. The molecule has 0 aliphatic rings. The Morgan fingerprint density at radius 2 is 0.898 bits per heavy atom. The van der Waals surface area contributed by atoms with Crippen molar-refractivity contribution in [1.82, 2.24) is 9.97 Å². The maximum atomic E-state index is 5.35. The number of rotatable bonds is 5. The van der Waals surface area contributed by atoms with Crippen molar-refractivity contribution in [2.75, 3.05) is 0 Å². The summed E-state index contributed by atoms with van der Waals surface area (Å²) in [6, 6.07) is 74.6. The van der Waals surface area contributed by atoms with Gasteiger partial charge in [0.2, 0.25) is 0 Å². The number of aromatic nitrogens is 2. The molecule has 0 unspecified atom stereocenters. The minimum Gasteiger partial charge on any atom is -0.228 e. The Kier molecular flexibility index (Phi) is 7.75. The largest absolute Gasteiger partial charge is 0.228 e. The fourth-order valence-electron chi connectivity index (χ4n) is 9.14. The molecule has 0 aliphatic carbocycles. The average molecular weight is 767 g/mol. The van der Waals surface area contributed by atoms with Gasteiger partial charge in [-0.15, -0.1) is 11.3 Å². The molecule has 0 atom stereocenters. The van der Waals surface area contributed by atoms with Crippen LogP contribution in [0.1, 0.15) is 0 Å². The Hall–Kier alpha value is -7.46. The van der Waals surface area contributed by atoms with E-state index in [1.807, 2.05) is 17.4 Å². The minimum atomic E-state index is 0.701. The van der Waals surface area contributed by atoms with Gasteiger partial charge in [-0.3, -0.25) is 0 Å². The van der Waals surface area contributed by atoms with Gasteiger partial charge in [0, 0.05) is 36.9 Å². The van der Waals surface area contributed by atoms with E-state index in [4.69, 9.17) is 9.97 Å². The van der Waals surface area contributed by atoms with E-state index < -0.39 is 0 Å². The average Bonchev–Trinajstić information content (AvgIpc) is 3.69. The fraction of sp³-hybridized carbons (Fsp3) is 0. The lowest BCUT2D eigenvalue weighted by molar-refractivity contribution is 1.19. The Labute approximate surface area is 345 Å². The highest BCUT2D eigenvalue weighted by Gasteiger charge is 2.19. The highest BCUT2D eigenvalue weighted by atomic mass is 32.1. The molecule has 0 N–H and O–H groups in total. The number of fused-ring (bicyclic) bond motifs is 8. The summed E-state index contributed by atoms with van der Waals surface area (Å²) in [5, 5.41) is 12.4. The summed E-state index contributed by atoms with van der Waals surface area (Å²) in [5.74, 6) is 0.701. The number of benzene rings is 10. The SMILES string of the molecule is c1ccc(-c2nc(-c3ccccc3-c3ccc4sc5ccccc5c4c3)cc(-c3ccc(-c4c5ccccc5cc5c4ccc4ccccc45)c4ccccc34)n2)cc1. The van der Waals surface area contributed by atoms with Gasteiger partial charge in [0.15, 0.2) is 5.82 Å². The van der Waals surface area contributed by atoms with E-state index in [9.17, 15) is 0 Å². The lowest BCUT2D eigenvalue weighted by Crippen LogP contribution is -1.98. The molecule has 0 bridgehead atoms. The topological polar surface area (TPSA) is 25.8 Å². The smallest absolute Gasteiger partial charge is 0.160 e. The van der Waals surface area contributed by atoms with Crippen molar-refractivity contribution in [2.45, 2.75) is 0 Å². The Bertz CT molecular complexity index is 3620. The summed E-state index contributed by atoms with van der Waals surface area (Å²) in [6.45, 7) is 0. The lowest BCUT2D eigenvalue weighted by atomic mass is 9.86. The van der Waals surface area contributed by atoms with Crippen LogP contribution in [0, 0.1) is 0 Å². The molecule has 0 spiro atoms. The number of hydrogen-bond acceptors (Lipinski definition) is 3. The van der Waals surface area contributed by atoms with E-state index in [1.165, 1.54) is 74.6 Å². The van der Waals surface area contributed by atoms with Crippen LogP contribution < -0.4 is 0 Å². The molecular weight excluding hydrogens is 733 g/mol. The first kappa shape index (κ1) is 33.7. The maximum Gasteiger partial charge on any atom is 0.160 e. The molecule has 0 saturated carbocycles. The standard InChI is InChI=1S/C56H34N2S/c1-2-15-36(16-3-1)56-57-51(44-23-11-8-19-40(44)38-27-31-54-50(33-38)46-24-12-13-25-53(46)59-54)34-52(58-56)45-29-30-47(43-22-10-9-21-42(43)45)55-41-20-7-5-17-37(41)32-49-39-18-6-4-14-35(39)26-28-48(49)55/h1-34H. The Morgan fingerprint density at radius 1 is 0.288 bits per heavy atom. The van der Waals surface area contributed by atoms with Crippen LogP contribution in [0.5, 0.6) is 0 Å². The third kappa shape index (κ3) is 5.55. The molecule has 0 aliphatic heterocycles. The van der Waals surface area contributed by atoms with Crippen LogP contribution in [-0.2, 0) is 0 Å². The molecule has 2 heterocycles. The quantitative estimate of drug-likeness (QED) is 0.129. The molecule has 2 nitrogen and oxygen atoms in total. The summed E-state index contributed by atoms with van der Waals surface area (Å²) in [4.78, 5) is 10.7. The minimum absolute atomic E-state index is 0.701. The molecular formula is C56H34N2S. The second kappa shape index (κ2) is 13.6. The zero-order valence-corrected chi connectivity index (χ0v) is 32.7. The van der Waals surface area contributed by atoms with Crippen molar-refractivity contribution in [3.05, 3.63) is 206 Å². The highest BCUT2D eigenvalue weighted by molar-refractivity contribution is 7.25. The van der Waals surface area contributed by atoms with E-state index >= 15 is 0 Å². The van der Waals surface area contributed by atoms with E-state index in [0.29, 0.717) is 5.82 Å². The molecule has 12 rings (SSSR count). The van der Waals surface area contributed by atoms with Gasteiger partial charge in [-0.1, -0.05) is 176 Å². The van der Waals surface area contributed by atoms with Crippen molar-refractivity contribution in [3.63, 3.8) is 0 Å². The number of hydrogen-bond donors (Lipinski definition) is 0. The summed E-state index contributed by atoms with van der Waals surface area (Å²) in [6.07, 6.45) is 0. The van der Waals surface area contributed by atoms with Crippen molar-refractivity contribution in [3.8, 4) is 56.2 Å². The van der Waals surface area contributed by atoms with Gasteiger partial charge in [0.05, 0.1) is 11.4 Å². The first-order chi connectivity index (χ1) is 29.2. The van der Waals surface area contributed by atoms with Crippen molar-refractivity contribution in [1.29, 1.82) is 0 Å². The molecule has 274 valence electrons. The molecule has 0 radical (unpaired) electrons. The van der Waals surface area contributed by atoms with E-state index in [-0.39, 0.29) is 0 Å². The first-order valence-electron chi connectivity index (χ1n) is 20.1. The van der Waals surface area contributed by atoms with Gasteiger partial charge in [-0.2, -0.15) is 0 Å². The third-order valence-corrected chi connectivity index (χ3v) is 13.0. The fourth-order valence-corrected chi connectivity index (χ4v) is 10.2. The van der Waals surface area contributed by atoms with Gasteiger partial charge in [0.1, 0.15) is 0 Å². The lowest BCUT2D eigenvalue weighted by Gasteiger charge is -2.18. The zero-order valence-electron chi connectivity index (χ0n) is 31.9. The van der Waals surface area contributed by atoms with Crippen LogP contribution in [0.3, 0.4) is 0 Å². The van der Waals surface area contributed by atoms with Crippen LogP contribution in [0.25, 0.3) is 119 Å². The Balaban J connectivity index is 1.08. The van der Waals surface area contributed by atoms with Gasteiger partial charge in [-0.25, -0.2) is 9.97 Å². The normalized spacial score (nSPS) is 11.7. The van der Waals surface area contributed by atoms with Crippen molar-refractivity contribution >= 4 is 74.6 Å². The second-order valence-electron chi connectivity index (χ2n) is 15.2. The molecule has 3 heteroatoms. The van der Waals surface area contributed by atoms with Crippen LogP contribution in [0.4, 0.5) is 0 Å². The number of nitrogens with zero attached hydrogens (tertiary/aromatic N) is 2. The van der Waals surface area contributed by atoms with Crippen molar-refractivity contribution in [2.24, 2.45) is 0 Å². The van der Waals surface area contributed by atoms with Crippen LogP contribution >= 0.6 is 11.3 Å². The number of thiophene rings is 1. The summed E-state index contributed by atoms with van der Waals surface area (Å²) < 4.78 is 2.60. The molecule has 12 aromatic rings. The van der Waals surface area contributed by atoms with E-state index in [2.05, 4.69) is 200 Å². The molecule has 59 heavy (non-hydrogen) atoms. The highest BCUT2D eigenvalue weighted by Crippen LogP contribution is 2.45. The predicted molar refractivity (Wildman–Crippen MR) is 252 cm³/mol. The zero-order chi connectivity index (χ0) is 38.9. The van der Waals surface area contributed by atoms with Crippen molar-refractivity contribution < 1.29 is 0 Å². The molecule has 0 amide bonds. The van der Waals surface area contributed by atoms with Gasteiger partial charge < -0.3 is 0 Å². The van der Waals surface area contributed by atoms with Crippen LogP contribution in [0.2, 0.25) is 0 Å². The van der Waals surface area contributed by atoms with E-state index in [1.54, 1.807) is 0 Å². The summed E-state index contributed by atoms with van der Waals surface area (Å²) >= 11 is 1.85. The maximum absolute atomic E-state index is 5.35. The second-order valence-corrected chi connectivity index (χ2v) is 16.3. The molecule has 10 aromatic carbocycles. The predicted octanol–water partition coefficient (Wildman–Crippen LogP) is 15.8. The molecule has 2 aromatic heterocycles. The first-order valence-corrected chi connectivity index (χ1v) is 20.9. The summed E-state index contributed by atoms with van der Waals surface area (Å²) in [5.41, 5.74) is 9.68. The van der Waals surface area contributed by atoms with Gasteiger partial charge >= 0.3 is 0 Å².